The summed E-state index contributed by atoms with van der Waals surface area (Å²) in [6.45, 7) is 1.75. The Kier molecular flexibility index (Phi) is 6.65. The van der Waals surface area contributed by atoms with Crippen LogP contribution < -0.4 is 5.32 Å². The quantitative estimate of drug-likeness (QED) is 0.345. The summed E-state index contributed by atoms with van der Waals surface area (Å²) in [6.07, 6.45) is 0. The molecule has 0 atom stereocenters. The van der Waals surface area contributed by atoms with Crippen LogP contribution in [0.4, 0.5) is 5.13 Å². The molecule has 1 amide bonds. The third kappa shape index (κ3) is 5.33. The molecule has 0 unspecified atom stereocenters. The van der Waals surface area contributed by atoms with Crippen LogP contribution in [0.3, 0.4) is 0 Å². The van der Waals surface area contributed by atoms with Crippen LogP contribution >= 0.6 is 27.3 Å². The number of carbonyl (C=O) groups is 1. The Labute approximate surface area is 201 Å². The van der Waals surface area contributed by atoms with Gasteiger partial charge in [-0.15, -0.1) is 10.2 Å². The highest BCUT2D eigenvalue weighted by Gasteiger charge is 2.28. The molecule has 4 rings (SSSR count). The van der Waals surface area contributed by atoms with E-state index in [4.69, 9.17) is 4.52 Å². The van der Waals surface area contributed by atoms with Crippen LogP contribution in [-0.2, 0) is 16.6 Å². The first kappa shape index (κ1) is 23.2. The van der Waals surface area contributed by atoms with Gasteiger partial charge in [0.1, 0.15) is 0 Å². The molecule has 0 spiro atoms. The van der Waals surface area contributed by atoms with Gasteiger partial charge in [0.15, 0.2) is 0 Å². The predicted octanol–water partition coefficient (Wildman–Crippen LogP) is 3.73. The number of benzene rings is 2. The highest BCUT2D eigenvalue weighted by Crippen LogP contribution is 2.25. The average molecular weight is 549 g/mol. The summed E-state index contributed by atoms with van der Waals surface area (Å²) in [5, 5.41) is 14.0. The Morgan fingerprint density at radius 2 is 1.94 bits per heavy atom. The molecule has 2 aromatic carbocycles. The lowest BCUT2D eigenvalue weighted by molar-refractivity contribution is 0.102. The van der Waals surface area contributed by atoms with E-state index in [1.54, 1.807) is 24.3 Å². The molecule has 0 saturated carbocycles. The van der Waals surface area contributed by atoms with Gasteiger partial charge in [-0.25, -0.2) is 8.42 Å². The third-order valence-corrected chi connectivity index (χ3v) is 7.96. The summed E-state index contributed by atoms with van der Waals surface area (Å²) in [5.74, 6) is 0.0528. The lowest BCUT2D eigenvalue weighted by Gasteiger charge is -2.11. The lowest BCUT2D eigenvalue weighted by atomic mass is 10.1. The number of carbonyl (C=O) groups excluding carboxylic acids is 1. The molecule has 0 radical (unpaired) electrons. The minimum atomic E-state index is -3.99. The molecule has 0 fully saturated rings. The van der Waals surface area contributed by atoms with Gasteiger partial charge in [0.25, 0.3) is 15.9 Å². The maximum atomic E-state index is 12.9. The van der Waals surface area contributed by atoms with Crippen LogP contribution in [0.15, 0.2) is 61.9 Å². The number of rotatable bonds is 7. The molecule has 170 valence electrons. The summed E-state index contributed by atoms with van der Waals surface area (Å²) in [4.78, 5) is 16.6. The highest BCUT2D eigenvalue weighted by molar-refractivity contribution is 9.10. The molecular weight excluding hydrogens is 532 g/mol. The van der Waals surface area contributed by atoms with E-state index in [1.165, 1.54) is 7.05 Å². The maximum absolute atomic E-state index is 12.9. The van der Waals surface area contributed by atoms with Crippen molar-refractivity contribution in [3.05, 3.63) is 70.0 Å². The van der Waals surface area contributed by atoms with Crippen molar-refractivity contribution in [3.63, 3.8) is 0 Å². The third-order valence-electron chi connectivity index (χ3n) is 4.48. The molecule has 2 heterocycles. The summed E-state index contributed by atoms with van der Waals surface area (Å²) in [5.41, 5.74) is 2.17. The Hall–Kier alpha value is -3.00. The summed E-state index contributed by atoms with van der Waals surface area (Å²) >= 11 is 4.13. The normalized spacial score (nSPS) is 11.6. The molecule has 4 aromatic rings. The largest absolute Gasteiger partial charge is 0.338 e. The number of nitrogens with one attached hydrogen (secondary N) is 1. The first-order chi connectivity index (χ1) is 15.7. The molecule has 0 saturated heterocycles. The SMILES string of the molecule is Cc1ccc(C(=O)Nc2nnc(S(=O)(=O)N(C)Cc3nc(-c4cccc(Br)c4)no3)s2)cc1. The van der Waals surface area contributed by atoms with E-state index in [1.807, 2.05) is 31.2 Å². The molecule has 10 nitrogen and oxygen atoms in total. The highest BCUT2D eigenvalue weighted by atomic mass is 79.9. The van der Waals surface area contributed by atoms with Crippen LogP contribution in [0, 0.1) is 6.92 Å². The minimum Gasteiger partial charge on any atom is -0.338 e. The van der Waals surface area contributed by atoms with Gasteiger partial charge in [0.05, 0.1) is 6.54 Å². The van der Waals surface area contributed by atoms with Gasteiger partial charge in [0.2, 0.25) is 21.2 Å². The zero-order valence-electron chi connectivity index (χ0n) is 17.4. The van der Waals surface area contributed by atoms with E-state index in [2.05, 4.69) is 41.6 Å². The fourth-order valence-electron chi connectivity index (χ4n) is 2.71. The molecule has 33 heavy (non-hydrogen) atoms. The van der Waals surface area contributed by atoms with Crippen LogP contribution in [0.1, 0.15) is 21.8 Å². The Balaban J connectivity index is 1.44. The number of amides is 1. The number of aromatic nitrogens is 4. The molecule has 13 heteroatoms. The summed E-state index contributed by atoms with van der Waals surface area (Å²) in [7, 11) is -2.63. The molecule has 2 aromatic heterocycles. The minimum absolute atomic E-state index is 0.0716. The van der Waals surface area contributed by atoms with Gasteiger partial charge in [-0.2, -0.15) is 9.29 Å². The molecule has 0 bridgehead atoms. The first-order valence-corrected chi connectivity index (χ1v) is 12.5. The van der Waals surface area contributed by atoms with Crippen LogP contribution in [0.5, 0.6) is 0 Å². The van der Waals surface area contributed by atoms with Gasteiger partial charge in [0, 0.05) is 22.6 Å². The van der Waals surface area contributed by atoms with E-state index in [0.29, 0.717) is 11.4 Å². The number of aryl methyl sites for hydroxylation is 1. The standard InChI is InChI=1S/C20H17BrN6O4S2/c1-12-6-8-13(9-7-12)18(28)23-19-24-25-20(32-19)33(29,30)27(2)11-16-22-17(26-31-16)14-4-3-5-15(21)10-14/h3-10H,11H2,1-2H3,(H,23,24,28). The number of halogens is 1. The predicted molar refractivity (Wildman–Crippen MR) is 125 cm³/mol. The second-order valence-corrected chi connectivity index (χ2v) is 11.1. The summed E-state index contributed by atoms with van der Waals surface area (Å²) in [6, 6.07) is 14.3. The lowest BCUT2D eigenvalue weighted by Crippen LogP contribution is -2.26. The van der Waals surface area contributed by atoms with E-state index in [0.717, 1.165) is 31.2 Å². The number of hydrogen-bond acceptors (Lipinski definition) is 9. The molecule has 0 aliphatic carbocycles. The number of nitrogens with zero attached hydrogens (tertiary/aromatic N) is 5. The Morgan fingerprint density at radius 3 is 2.67 bits per heavy atom. The van der Waals surface area contributed by atoms with Crippen molar-refractivity contribution in [1.82, 2.24) is 24.6 Å². The van der Waals surface area contributed by atoms with Crippen molar-refractivity contribution in [2.24, 2.45) is 0 Å². The zero-order valence-corrected chi connectivity index (χ0v) is 20.6. The number of hydrogen-bond donors (Lipinski definition) is 1. The van der Waals surface area contributed by atoms with Crippen molar-refractivity contribution < 1.29 is 17.7 Å². The number of sulfonamides is 1. The second-order valence-electron chi connectivity index (χ2n) is 6.98. The Bertz CT molecular complexity index is 1400. The molecular formula is C20H17BrN6O4S2. The van der Waals surface area contributed by atoms with Crippen LogP contribution in [0.2, 0.25) is 0 Å². The first-order valence-electron chi connectivity index (χ1n) is 9.49. The molecule has 0 aliphatic rings. The molecule has 0 aliphatic heterocycles. The van der Waals surface area contributed by atoms with Gasteiger partial charge in [-0.3, -0.25) is 10.1 Å². The molecule has 1 N–H and O–H groups in total. The zero-order chi connectivity index (χ0) is 23.6. The van der Waals surface area contributed by atoms with E-state index in [9.17, 15) is 13.2 Å². The van der Waals surface area contributed by atoms with Crippen molar-refractivity contribution in [2.75, 3.05) is 12.4 Å². The van der Waals surface area contributed by atoms with Gasteiger partial charge < -0.3 is 4.52 Å². The Morgan fingerprint density at radius 1 is 1.18 bits per heavy atom. The number of anilines is 1. The monoisotopic (exact) mass is 548 g/mol. The van der Waals surface area contributed by atoms with Crippen LogP contribution in [-0.4, -0.2) is 46.0 Å². The smallest absolute Gasteiger partial charge is 0.272 e. The fraction of sp³-hybridized carbons (Fsp3) is 0.150. The maximum Gasteiger partial charge on any atom is 0.272 e. The van der Waals surface area contributed by atoms with Crippen molar-refractivity contribution >= 4 is 48.3 Å². The van der Waals surface area contributed by atoms with Gasteiger partial charge in [-0.05, 0) is 31.2 Å². The average Bonchev–Trinajstić information content (AvgIpc) is 3.44. The fourth-order valence-corrected chi connectivity index (χ4v) is 5.31. The van der Waals surface area contributed by atoms with Gasteiger partial charge >= 0.3 is 0 Å². The van der Waals surface area contributed by atoms with Crippen molar-refractivity contribution in [2.45, 2.75) is 17.8 Å². The van der Waals surface area contributed by atoms with Crippen molar-refractivity contribution in [1.29, 1.82) is 0 Å². The summed E-state index contributed by atoms with van der Waals surface area (Å²) < 4.78 is 32.6. The second kappa shape index (κ2) is 9.47. The van der Waals surface area contributed by atoms with E-state index >= 15 is 0 Å². The van der Waals surface area contributed by atoms with E-state index < -0.39 is 15.9 Å². The van der Waals surface area contributed by atoms with Crippen LogP contribution in [0.25, 0.3) is 11.4 Å². The van der Waals surface area contributed by atoms with E-state index in [-0.39, 0.29) is 21.9 Å². The van der Waals surface area contributed by atoms with Gasteiger partial charge in [-0.1, -0.05) is 62.3 Å². The van der Waals surface area contributed by atoms with Crippen molar-refractivity contribution in [3.8, 4) is 11.4 Å². The topological polar surface area (TPSA) is 131 Å².